The Bertz CT molecular complexity index is 799. The van der Waals surface area contributed by atoms with Crippen LogP contribution < -0.4 is 10.1 Å². The van der Waals surface area contributed by atoms with Gasteiger partial charge in [-0.2, -0.15) is 5.26 Å². The van der Waals surface area contributed by atoms with Crippen LogP contribution >= 0.6 is 0 Å². The van der Waals surface area contributed by atoms with Crippen molar-refractivity contribution in [2.24, 2.45) is 5.92 Å². The Morgan fingerprint density at radius 1 is 1.24 bits per heavy atom. The van der Waals surface area contributed by atoms with E-state index in [-0.39, 0.29) is 5.57 Å². The molecule has 1 N–H and O–H groups in total. The number of ether oxygens (including phenoxy) is 1. The lowest BCUT2D eigenvalue weighted by Crippen LogP contribution is -2.13. The van der Waals surface area contributed by atoms with E-state index in [0.717, 1.165) is 16.9 Å². The third kappa shape index (κ3) is 5.82. The summed E-state index contributed by atoms with van der Waals surface area (Å²) in [5, 5.41) is 12.0. The molecule has 0 saturated carbocycles. The lowest BCUT2D eigenvalue weighted by Gasteiger charge is -2.08. The van der Waals surface area contributed by atoms with Crippen LogP contribution in [-0.4, -0.2) is 12.5 Å². The molecule has 2 rings (SSSR count). The van der Waals surface area contributed by atoms with Gasteiger partial charge in [0.05, 0.1) is 6.61 Å². The molecular formula is C21H22N2O2. The SMILES string of the molecule is Cc1cccc(NC(=O)/C(C#N)=C\c2ccc(OCC(C)C)cc2)c1. The highest BCUT2D eigenvalue weighted by Crippen LogP contribution is 2.16. The zero-order valence-corrected chi connectivity index (χ0v) is 14.7. The van der Waals surface area contributed by atoms with Crippen LogP contribution in [0.2, 0.25) is 0 Å². The number of carbonyl (C=O) groups excluding carboxylic acids is 1. The second kappa shape index (κ2) is 8.70. The first-order chi connectivity index (χ1) is 12.0. The van der Waals surface area contributed by atoms with Gasteiger partial charge in [0.15, 0.2) is 0 Å². The summed E-state index contributed by atoms with van der Waals surface area (Å²) < 4.78 is 5.63. The largest absolute Gasteiger partial charge is 0.493 e. The van der Waals surface area contributed by atoms with Gasteiger partial charge < -0.3 is 10.1 Å². The zero-order chi connectivity index (χ0) is 18.2. The molecule has 0 saturated heterocycles. The average Bonchev–Trinajstić information content (AvgIpc) is 2.58. The van der Waals surface area contributed by atoms with Gasteiger partial charge >= 0.3 is 0 Å². The van der Waals surface area contributed by atoms with E-state index in [1.54, 1.807) is 12.1 Å². The van der Waals surface area contributed by atoms with Crippen molar-refractivity contribution in [3.8, 4) is 11.8 Å². The highest BCUT2D eigenvalue weighted by molar-refractivity contribution is 6.09. The van der Waals surface area contributed by atoms with Crippen LogP contribution in [0.25, 0.3) is 6.08 Å². The third-order valence-electron chi connectivity index (χ3n) is 3.42. The maximum atomic E-state index is 12.3. The van der Waals surface area contributed by atoms with Gasteiger partial charge in [0.25, 0.3) is 5.91 Å². The molecule has 0 heterocycles. The number of nitrogens with zero attached hydrogens (tertiary/aromatic N) is 1. The molecule has 2 aromatic carbocycles. The van der Waals surface area contributed by atoms with Gasteiger partial charge in [0, 0.05) is 5.69 Å². The van der Waals surface area contributed by atoms with Crippen molar-refractivity contribution in [1.82, 2.24) is 0 Å². The molecule has 0 bridgehead atoms. The van der Waals surface area contributed by atoms with Gasteiger partial charge in [-0.3, -0.25) is 4.79 Å². The Hall–Kier alpha value is -3.06. The van der Waals surface area contributed by atoms with Crippen molar-refractivity contribution in [3.05, 3.63) is 65.2 Å². The first kappa shape index (κ1) is 18.3. The number of nitrogens with one attached hydrogen (secondary N) is 1. The van der Waals surface area contributed by atoms with Crippen molar-refractivity contribution in [3.63, 3.8) is 0 Å². The molecule has 0 fully saturated rings. The molecule has 2 aromatic rings. The molecular weight excluding hydrogens is 312 g/mol. The summed E-state index contributed by atoms with van der Waals surface area (Å²) >= 11 is 0. The molecule has 0 aliphatic heterocycles. The van der Waals surface area contributed by atoms with Gasteiger partial charge in [-0.15, -0.1) is 0 Å². The van der Waals surface area contributed by atoms with Crippen molar-refractivity contribution in [2.75, 3.05) is 11.9 Å². The normalized spacial score (nSPS) is 11.1. The van der Waals surface area contributed by atoms with Crippen molar-refractivity contribution in [2.45, 2.75) is 20.8 Å². The Morgan fingerprint density at radius 2 is 1.96 bits per heavy atom. The van der Waals surface area contributed by atoms with Crippen LogP contribution in [0.3, 0.4) is 0 Å². The minimum atomic E-state index is -0.423. The summed E-state index contributed by atoms with van der Waals surface area (Å²) in [6.45, 7) is 6.77. The molecule has 4 heteroatoms. The van der Waals surface area contributed by atoms with Crippen LogP contribution in [-0.2, 0) is 4.79 Å². The molecule has 128 valence electrons. The molecule has 0 aromatic heterocycles. The highest BCUT2D eigenvalue weighted by atomic mass is 16.5. The molecule has 0 unspecified atom stereocenters. The zero-order valence-electron chi connectivity index (χ0n) is 14.7. The van der Waals surface area contributed by atoms with Gasteiger partial charge in [-0.25, -0.2) is 0 Å². The minimum absolute atomic E-state index is 0.0531. The Morgan fingerprint density at radius 3 is 2.56 bits per heavy atom. The molecule has 0 atom stereocenters. The van der Waals surface area contributed by atoms with E-state index in [4.69, 9.17) is 4.74 Å². The van der Waals surface area contributed by atoms with Gasteiger partial charge in [-0.05, 0) is 54.3 Å². The summed E-state index contributed by atoms with van der Waals surface area (Å²) in [6.07, 6.45) is 1.57. The summed E-state index contributed by atoms with van der Waals surface area (Å²) in [5.74, 6) is 0.803. The first-order valence-electron chi connectivity index (χ1n) is 8.20. The van der Waals surface area contributed by atoms with E-state index in [2.05, 4.69) is 19.2 Å². The molecule has 0 aliphatic carbocycles. The van der Waals surface area contributed by atoms with Crippen LogP contribution in [0.15, 0.2) is 54.1 Å². The van der Waals surface area contributed by atoms with Gasteiger partial charge in [-0.1, -0.05) is 38.1 Å². The van der Waals surface area contributed by atoms with E-state index in [1.165, 1.54) is 0 Å². The summed E-state index contributed by atoms with van der Waals surface area (Å²) in [6, 6.07) is 16.7. The Kier molecular flexibility index (Phi) is 6.36. The number of amides is 1. The molecule has 0 radical (unpaired) electrons. The van der Waals surface area contributed by atoms with Gasteiger partial charge in [0.2, 0.25) is 0 Å². The smallest absolute Gasteiger partial charge is 0.266 e. The summed E-state index contributed by atoms with van der Waals surface area (Å²) in [4.78, 5) is 12.3. The molecule has 4 nitrogen and oxygen atoms in total. The second-order valence-corrected chi connectivity index (χ2v) is 6.27. The van der Waals surface area contributed by atoms with E-state index in [0.29, 0.717) is 18.2 Å². The fraction of sp³-hybridized carbons (Fsp3) is 0.238. The number of hydrogen-bond acceptors (Lipinski definition) is 3. The van der Waals surface area contributed by atoms with Crippen molar-refractivity contribution in [1.29, 1.82) is 5.26 Å². The number of aryl methyl sites for hydroxylation is 1. The lowest BCUT2D eigenvalue weighted by atomic mass is 10.1. The monoisotopic (exact) mass is 334 g/mol. The number of nitriles is 1. The van der Waals surface area contributed by atoms with Gasteiger partial charge in [0.1, 0.15) is 17.4 Å². The minimum Gasteiger partial charge on any atom is -0.493 e. The molecule has 0 spiro atoms. The van der Waals surface area contributed by atoms with Crippen molar-refractivity contribution < 1.29 is 9.53 Å². The number of rotatable bonds is 6. The predicted molar refractivity (Wildman–Crippen MR) is 100 cm³/mol. The maximum Gasteiger partial charge on any atom is 0.266 e. The Balaban J connectivity index is 2.08. The van der Waals surface area contributed by atoms with E-state index < -0.39 is 5.91 Å². The van der Waals surface area contributed by atoms with E-state index in [9.17, 15) is 10.1 Å². The molecule has 25 heavy (non-hydrogen) atoms. The van der Waals surface area contributed by atoms with E-state index >= 15 is 0 Å². The van der Waals surface area contributed by atoms with Crippen LogP contribution in [0.4, 0.5) is 5.69 Å². The lowest BCUT2D eigenvalue weighted by molar-refractivity contribution is -0.112. The topological polar surface area (TPSA) is 62.1 Å². The van der Waals surface area contributed by atoms with Crippen LogP contribution in [0, 0.1) is 24.2 Å². The summed E-state index contributed by atoms with van der Waals surface area (Å²) in [5.41, 5.74) is 2.53. The predicted octanol–water partition coefficient (Wildman–Crippen LogP) is 4.58. The second-order valence-electron chi connectivity index (χ2n) is 6.27. The van der Waals surface area contributed by atoms with Crippen molar-refractivity contribution >= 4 is 17.7 Å². The van der Waals surface area contributed by atoms with Crippen LogP contribution in [0.1, 0.15) is 25.0 Å². The number of hydrogen-bond donors (Lipinski definition) is 1. The number of benzene rings is 2. The average molecular weight is 334 g/mol. The fourth-order valence-corrected chi connectivity index (χ4v) is 2.16. The highest BCUT2D eigenvalue weighted by Gasteiger charge is 2.09. The van der Waals surface area contributed by atoms with E-state index in [1.807, 2.05) is 55.5 Å². The summed E-state index contributed by atoms with van der Waals surface area (Å²) in [7, 11) is 0. The third-order valence-corrected chi connectivity index (χ3v) is 3.42. The number of carbonyl (C=O) groups is 1. The fourth-order valence-electron chi connectivity index (χ4n) is 2.16. The molecule has 1 amide bonds. The maximum absolute atomic E-state index is 12.3. The Labute approximate surface area is 148 Å². The quantitative estimate of drug-likeness (QED) is 0.621. The van der Waals surface area contributed by atoms with Crippen LogP contribution in [0.5, 0.6) is 5.75 Å². The standard InChI is InChI=1S/C21H22N2O2/c1-15(2)14-25-20-9-7-17(8-10-20)12-18(13-22)21(24)23-19-6-4-5-16(3)11-19/h4-12,15H,14H2,1-3H3,(H,23,24)/b18-12-. The first-order valence-corrected chi connectivity index (χ1v) is 8.20. The molecule has 0 aliphatic rings. The number of anilines is 1.